The van der Waals surface area contributed by atoms with E-state index in [0.717, 1.165) is 18.9 Å². The first kappa shape index (κ1) is 10.0. The molecule has 0 saturated carbocycles. The Kier molecular flexibility index (Phi) is 3.74. The van der Waals surface area contributed by atoms with Gasteiger partial charge >= 0.3 is 0 Å². The molecule has 1 aliphatic rings. The van der Waals surface area contributed by atoms with Gasteiger partial charge in [0.05, 0.1) is 0 Å². The van der Waals surface area contributed by atoms with Gasteiger partial charge in [-0.15, -0.1) is 0 Å². The topological polar surface area (TPSA) is 15.6 Å². The van der Waals surface area contributed by atoms with Crippen LogP contribution in [0.2, 0.25) is 0 Å². The normalized spacial score (nSPS) is 18.6. The molecule has 1 aliphatic heterocycles. The molecule has 0 atom stereocenters. The first-order valence-corrected chi connectivity index (χ1v) is 4.85. The molecule has 1 heterocycles. The van der Waals surface area contributed by atoms with E-state index < -0.39 is 0 Å². The smallest absolute Gasteiger partial charge is 0.121 e. The molecule has 1 rings (SSSR count). The number of likely N-dealkylation sites (tertiary alicyclic amines) is 1. The molecule has 0 amide bonds. The molecular formula is C11H18N2. The minimum absolute atomic E-state index is 0.902. The Bertz CT molecular complexity index is 232. The molecular weight excluding hydrogens is 160 g/mol. The highest BCUT2D eigenvalue weighted by Crippen LogP contribution is 2.13. The van der Waals surface area contributed by atoms with E-state index in [1.54, 1.807) is 0 Å². The zero-order chi connectivity index (χ0) is 9.68. The summed E-state index contributed by atoms with van der Waals surface area (Å²) in [6.45, 7) is 10.2. The van der Waals surface area contributed by atoms with Crippen LogP contribution in [0.5, 0.6) is 0 Å². The third-order valence-corrected chi connectivity index (χ3v) is 2.34. The van der Waals surface area contributed by atoms with Crippen molar-refractivity contribution in [1.82, 2.24) is 4.90 Å². The van der Waals surface area contributed by atoms with Crippen LogP contribution in [0.4, 0.5) is 0 Å². The lowest BCUT2D eigenvalue weighted by Crippen LogP contribution is -2.16. The Morgan fingerprint density at radius 2 is 2.00 bits per heavy atom. The highest BCUT2D eigenvalue weighted by Gasteiger charge is 2.11. The molecule has 0 aromatic carbocycles. The van der Waals surface area contributed by atoms with Crippen LogP contribution < -0.4 is 0 Å². The first-order valence-electron chi connectivity index (χ1n) is 4.85. The molecule has 0 spiro atoms. The van der Waals surface area contributed by atoms with E-state index in [4.69, 9.17) is 0 Å². The predicted octanol–water partition coefficient (Wildman–Crippen LogP) is 2.59. The fourth-order valence-corrected chi connectivity index (χ4v) is 1.31. The van der Waals surface area contributed by atoms with Crippen LogP contribution >= 0.6 is 0 Å². The van der Waals surface area contributed by atoms with Crippen LogP contribution in [0.1, 0.15) is 26.7 Å². The van der Waals surface area contributed by atoms with Gasteiger partial charge < -0.3 is 4.90 Å². The lowest BCUT2D eigenvalue weighted by molar-refractivity contribution is 0.425. The van der Waals surface area contributed by atoms with Gasteiger partial charge in [0.15, 0.2) is 0 Å². The Morgan fingerprint density at radius 3 is 2.54 bits per heavy atom. The molecule has 0 N–H and O–H groups in total. The Morgan fingerprint density at radius 1 is 1.38 bits per heavy atom. The van der Waals surface area contributed by atoms with Crippen molar-refractivity contribution in [2.45, 2.75) is 26.7 Å². The molecule has 0 radical (unpaired) electrons. The van der Waals surface area contributed by atoms with Crippen molar-refractivity contribution < 1.29 is 0 Å². The third-order valence-electron chi connectivity index (χ3n) is 2.34. The quantitative estimate of drug-likeness (QED) is 0.606. The van der Waals surface area contributed by atoms with E-state index in [1.165, 1.54) is 18.4 Å². The van der Waals surface area contributed by atoms with Gasteiger partial charge in [0, 0.05) is 19.3 Å². The summed E-state index contributed by atoms with van der Waals surface area (Å²) in [5, 5.41) is 0. The maximum Gasteiger partial charge on any atom is 0.121 e. The molecule has 72 valence electrons. The van der Waals surface area contributed by atoms with Crippen molar-refractivity contribution in [3.05, 3.63) is 24.0 Å². The van der Waals surface area contributed by atoms with Gasteiger partial charge in [-0.25, -0.2) is 4.99 Å². The largest absolute Gasteiger partial charge is 0.357 e. The molecule has 0 aliphatic carbocycles. The molecule has 0 aromatic heterocycles. The summed E-state index contributed by atoms with van der Waals surface area (Å²) in [5.41, 5.74) is 1.18. The SMILES string of the molecule is C=C(/N=C\C(C)=C/C)N1CCCC1. The molecule has 13 heavy (non-hydrogen) atoms. The number of nitrogens with zero attached hydrogens (tertiary/aromatic N) is 2. The van der Waals surface area contributed by atoms with Gasteiger partial charge in [-0.05, 0) is 32.3 Å². The zero-order valence-electron chi connectivity index (χ0n) is 8.58. The Labute approximate surface area is 80.7 Å². The highest BCUT2D eigenvalue weighted by atomic mass is 15.2. The monoisotopic (exact) mass is 178 g/mol. The van der Waals surface area contributed by atoms with Crippen LogP contribution in [0.25, 0.3) is 0 Å². The van der Waals surface area contributed by atoms with E-state index in [-0.39, 0.29) is 0 Å². The van der Waals surface area contributed by atoms with Gasteiger partial charge in [-0.2, -0.15) is 0 Å². The average Bonchev–Trinajstić information content (AvgIpc) is 2.66. The van der Waals surface area contributed by atoms with Crippen molar-refractivity contribution in [3.63, 3.8) is 0 Å². The Balaban J connectivity index is 2.44. The van der Waals surface area contributed by atoms with Crippen LogP contribution in [-0.2, 0) is 0 Å². The van der Waals surface area contributed by atoms with Crippen LogP contribution in [0.15, 0.2) is 29.0 Å². The fourth-order valence-electron chi connectivity index (χ4n) is 1.31. The summed E-state index contributed by atoms with van der Waals surface area (Å²) in [5.74, 6) is 0.902. The second-order valence-corrected chi connectivity index (χ2v) is 3.40. The van der Waals surface area contributed by atoms with E-state index in [0.29, 0.717) is 0 Å². The number of rotatable bonds is 3. The lowest BCUT2D eigenvalue weighted by atomic mass is 10.3. The summed E-state index contributed by atoms with van der Waals surface area (Å²) >= 11 is 0. The summed E-state index contributed by atoms with van der Waals surface area (Å²) in [6.07, 6.45) is 6.47. The summed E-state index contributed by atoms with van der Waals surface area (Å²) in [4.78, 5) is 6.55. The van der Waals surface area contributed by atoms with Crippen LogP contribution in [0, 0.1) is 0 Å². The lowest BCUT2D eigenvalue weighted by Gasteiger charge is -2.15. The van der Waals surface area contributed by atoms with Crippen molar-refractivity contribution >= 4 is 6.21 Å². The van der Waals surface area contributed by atoms with Gasteiger partial charge in [-0.1, -0.05) is 12.7 Å². The standard InChI is InChI=1S/C11H18N2/c1-4-10(2)9-12-11(3)13-7-5-6-8-13/h4,9H,3,5-8H2,1-2H3/b10-4-,12-9-. The van der Waals surface area contributed by atoms with Gasteiger partial charge in [0.2, 0.25) is 0 Å². The minimum atomic E-state index is 0.902. The average molecular weight is 178 g/mol. The molecule has 0 aromatic rings. The predicted molar refractivity (Wildman–Crippen MR) is 57.9 cm³/mol. The van der Waals surface area contributed by atoms with E-state index in [2.05, 4.69) is 16.5 Å². The zero-order valence-corrected chi connectivity index (χ0v) is 8.58. The summed E-state index contributed by atoms with van der Waals surface area (Å²) in [7, 11) is 0. The number of aliphatic imine (C=N–C) groups is 1. The third kappa shape index (κ3) is 3.05. The number of hydrogen-bond acceptors (Lipinski definition) is 2. The van der Waals surface area contributed by atoms with Crippen molar-refractivity contribution in [1.29, 1.82) is 0 Å². The molecule has 2 nitrogen and oxygen atoms in total. The first-order chi connectivity index (χ1) is 6.24. The highest BCUT2D eigenvalue weighted by molar-refractivity contribution is 5.78. The maximum absolute atomic E-state index is 4.32. The molecule has 0 bridgehead atoms. The van der Waals surface area contributed by atoms with Gasteiger partial charge in [-0.3, -0.25) is 0 Å². The maximum atomic E-state index is 4.32. The molecule has 2 heteroatoms. The number of allylic oxidation sites excluding steroid dienone is 2. The molecule has 1 fully saturated rings. The minimum Gasteiger partial charge on any atom is -0.357 e. The van der Waals surface area contributed by atoms with Gasteiger partial charge in [0.25, 0.3) is 0 Å². The van der Waals surface area contributed by atoms with Crippen molar-refractivity contribution in [2.75, 3.05) is 13.1 Å². The van der Waals surface area contributed by atoms with Gasteiger partial charge in [0.1, 0.15) is 5.82 Å². The van der Waals surface area contributed by atoms with Crippen LogP contribution in [-0.4, -0.2) is 24.2 Å². The van der Waals surface area contributed by atoms with Crippen molar-refractivity contribution in [2.24, 2.45) is 4.99 Å². The number of hydrogen-bond donors (Lipinski definition) is 0. The Hall–Kier alpha value is -1.05. The molecule has 1 saturated heterocycles. The van der Waals surface area contributed by atoms with E-state index in [9.17, 15) is 0 Å². The second-order valence-electron chi connectivity index (χ2n) is 3.40. The second kappa shape index (κ2) is 4.85. The molecule has 0 unspecified atom stereocenters. The fraction of sp³-hybridized carbons (Fsp3) is 0.545. The summed E-state index contributed by atoms with van der Waals surface area (Å²) < 4.78 is 0. The van der Waals surface area contributed by atoms with Crippen LogP contribution in [0.3, 0.4) is 0 Å². The van der Waals surface area contributed by atoms with E-state index in [1.807, 2.05) is 26.1 Å². The van der Waals surface area contributed by atoms with E-state index >= 15 is 0 Å². The summed E-state index contributed by atoms with van der Waals surface area (Å²) in [6, 6.07) is 0. The van der Waals surface area contributed by atoms with Crippen molar-refractivity contribution in [3.8, 4) is 0 Å².